The molecule has 1 saturated carbocycles. The lowest BCUT2D eigenvalue weighted by molar-refractivity contribution is 0.445. The maximum atomic E-state index is 6.33. The Kier molecular flexibility index (Phi) is 8.88. The fourth-order valence-electron chi connectivity index (χ4n) is 11.3. The summed E-state index contributed by atoms with van der Waals surface area (Å²) in [5.74, 6) is 0.599. The highest BCUT2D eigenvalue weighted by Crippen LogP contribution is 2.54. The van der Waals surface area contributed by atoms with Crippen molar-refractivity contribution in [3.63, 3.8) is 0 Å². The molecular formula is C60H49NO. The average Bonchev–Trinajstić information content (AvgIpc) is 3.84. The molecule has 0 aliphatic heterocycles. The van der Waals surface area contributed by atoms with Crippen molar-refractivity contribution in [1.82, 2.24) is 0 Å². The van der Waals surface area contributed by atoms with Crippen molar-refractivity contribution in [2.24, 2.45) is 0 Å². The van der Waals surface area contributed by atoms with Crippen LogP contribution in [0.25, 0.3) is 60.5 Å². The number of fused-ring (bicyclic) bond motifs is 7. The quantitative estimate of drug-likeness (QED) is 0.160. The Balaban J connectivity index is 1.03. The Hall–Kier alpha value is -6.90. The summed E-state index contributed by atoms with van der Waals surface area (Å²) in [4.78, 5) is 2.55. The van der Waals surface area contributed by atoms with Crippen LogP contribution in [0.3, 0.4) is 0 Å². The lowest BCUT2D eigenvalue weighted by atomic mass is 9.74. The molecule has 1 unspecified atom stereocenters. The van der Waals surface area contributed by atoms with Crippen molar-refractivity contribution >= 4 is 49.7 Å². The molecule has 8 aromatic carbocycles. The van der Waals surface area contributed by atoms with Crippen LogP contribution in [0, 0.1) is 0 Å². The van der Waals surface area contributed by atoms with Gasteiger partial charge < -0.3 is 9.32 Å². The maximum absolute atomic E-state index is 6.33. The number of hydrogen-bond donors (Lipinski definition) is 0. The van der Waals surface area contributed by atoms with Crippen molar-refractivity contribution in [2.45, 2.75) is 63.2 Å². The third-order valence-corrected chi connectivity index (χ3v) is 14.4. The van der Waals surface area contributed by atoms with Crippen LogP contribution in [0.15, 0.2) is 198 Å². The monoisotopic (exact) mass is 799 g/mol. The van der Waals surface area contributed by atoms with E-state index in [2.05, 4.69) is 194 Å². The van der Waals surface area contributed by atoms with Gasteiger partial charge in [-0.1, -0.05) is 165 Å². The Labute approximate surface area is 364 Å². The SMILES string of the molecule is CC1(c2ccccc2)c2ccccc2-c2ccc(N(C3=CCCC=C3c3cccc4cccc(C5CCCCC5)c34)c3ccc(-c4ccc5c(c4)oc4ccccc45)cc3)cc21. The van der Waals surface area contributed by atoms with Crippen LogP contribution in [-0.4, -0.2) is 0 Å². The van der Waals surface area contributed by atoms with Gasteiger partial charge in [0.05, 0.1) is 0 Å². The predicted molar refractivity (Wildman–Crippen MR) is 260 cm³/mol. The number of nitrogens with zero attached hydrogens (tertiary/aromatic N) is 1. The van der Waals surface area contributed by atoms with E-state index in [0.717, 1.165) is 51.6 Å². The molecule has 0 radical (unpaired) electrons. The van der Waals surface area contributed by atoms with Crippen molar-refractivity contribution in [2.75, 3.05) is 4.90 Å². The highest BCUT2D eigenvalue weighted by molar-refractivity contribution is 6.06. The van der Waals surface area contributed by atoms with Gasteiger partial charge in [0.15, 0.2) is 0 Å². The van der Waals surface area contributed by atoms with E-state index in [1.165, 1.54) is 98.8 Å². The van der Waals surface area contributed by atoms with Crippen LogP contribution in [0.1, 0.15) is 85.6 Å². The molecule has 0 spiro atoms. The highest BCUT2D eigenvalue weighted by Gasteiger charge is 2.41. The molecule has 62 heavy (non-hydrogen) atoms. The minimum absolute atomic E-state index is 0.307. The van der Waals surface area contributed by atoms with Crippen molar-refractivity contribution in [3.8, 4) is 22.3 Å². The van der Waals surface area contributed by atoms with Crippen LogP contribution in [0.4, 0.5) is 11.4 Å². The highest BCUT2D eigenvalue weighted by atomic mass is 16.3. The Morgan fingerprint density at radius 3 is 2.08 bits per heavy atom. The summed E-state index contributed by atoms with van der Waals surface area (Å²) in [6.45, 7) is 2.42. The minimum atomic E-state index is -0.307. The number of anilines is 2. The summed E-state index contributed by atoms with van der Waals surface area (Å²) in [5.41, 5.74) is 18.2. The number of furan rings is 1. The summed E-state index contributed by atoms with van der Waals surface area (Å²) < 4.78 is 6.33. The molecule has 12 rings (SSSR count). The lowest BCUT2D eigenvalue weighted by Crippen LogP contribution is -2.24. The first-order chi connectivity index (χ1) is 30.6. The van der Waals surface area contributed by atoms with Gasteiger partial charge in [0.2, 0.25) is 0 Å². The van der Waals surface area contributed by atoms with Crippen LogP contribution in [0.2, 0.25) is 0 Å². The zero-order valence-electron chi connectivity index (χ0n) is 35.3. The van der Waals surface area contributed by atoms with E-state index in [9.17, 15) is 0 Å². The molecule has 0 amide bonds. The van der Waals surface area contributed by atoms with E-state index in [1.807, 2.05) is 6.07 Å². The molecule has 0 N–H and O–H groups in total. The van der Waals surface area contributed by atoms with Gasteiger partial charge in [-0.15, -0.1) is 0 Å². The van der Waals surface area contributed by atoms with Gasteiger partial charge in [-0.3, -0.25) is 0 Å². The third-order valence-electron chi connectivity index (χ3n) is 14.4. The van der Waals surface area contributed by atoms with Crippen LogP contribution in [-0.2, 0) is 5.41 Å². The Bertz CT molecular complexity index is 3230. The first kappa shape index (κ1) is 36.9. The molecule has 1 fully saturated rings. The summed E-state index contributed by atoms with van der Waals surface area (Å²) in [6, 6.07) is 65.5. The third kappa shape index (κ3) is 5.92. The average molecular weight is 800 g/mol. The predicted octanol–water partition coefficient (Wildman–Crippen LogP) is 16.7. The fourth-order valence-corrected chi connectivity index (χ4v) is 11.3. The van der Waals surface area contributed by atoms with Gasteiger partial charge in [0.1, 0.15) is 11.2 Å². The topological polar surface area (TPSA) is 16.4 Å². The number of benzene rings is 8. The summed E-state index contributed by atoms with van der Waals surface area (Å²) in [7, 11) is 0. The molecule has 1 atom stereocenters. The molecule has 3 aliphatic rings. The standard InChI is InChI=1S/C60H49NO/c1-60(44-20-6-3-7-21-44)54-27-11-8-22-48(54)49-37-35-46(39-55(49)60)61(45-33-30-40(31-34-45)43-32-36-52-51-24-10-13-29-57(51)62-58(52)38-43)56-28-12-9-23-50(56)53-26-15-19-42-18-14-25-47(59(42)53)41-16-4-2-5-17-41/h3,6-8,10-11,13-15,18-39,41H,2,4-5,9,12,16-17H2,1H3. The first-order valence-corrected chi connectivity index (χ1v) is 22.7. The Morgan fingerprint density at radius 2 is 1.21 bits per heavy atom. The molecule has 9 aromatic rings. The van der Waals surface area contributed by atoms with E-state index in [-0.39, 0.29) is 5.41 Å². The van der Waals surface area contributed by atoms with Crippen molar-refractivity contribution in [3.05, 3.63) is 222 Å². The number of hydrogen-bond acceptors (Lipinski definition) is 2. The Morgan fingerprint density at radius 1 is 0.516 bits per heavy atom. The molecule has 0 bridgehead atoms. The lowest BCUT2D eigenvalue weighted by Gasteiger charge is -2.34. The van der Waals surface area contributed by atoms with Crippen LogP contribution in [0.5, 0.6) is 0 Å². The number of rotatable bonds is 7. The van der Waals surface area contributed by atoms with Crippen LogP contribution < -0.4 is 4.90 Å². The second-order valence-corrected chi connectivity index (χ2v) is 17.8. The van der Waals surface area contributed by atoms with Gasteiger partial charge in [0.25, 0.3) is 0 Å². The first-order valence-electron chi connectivity index (χ1n) is 22.7. The van der Waals surface area contributed by atoms with E-state index in [4.69, 9.17) is 4.42 Å². The number of allylic oxidation sites excluding steroid dienone is 3. The van der Waals surface area contributed by atoms with Gasteiger partial charge in [0, 0.05) is 38.8 Å². The summed E-state index contributed by atoms with van der Waals surface area (Å²) in [5, 5.41) is 5.07. The molecule has 0 saturated heterocycles. The smallest absolute Gasteiger partial charge is 0.136 e. The van der Waals surface area contributed by atoms with E-state index >= 15 is 0 Å². The van der Waals surface area contributed by atoms with Crippen molar-refractivity contribution < 1.29 is 4.42 Å². The molecular weight excluding hydrogens is 751 g/mol. The summed E-state index contributed by atoms with van der Waals surface area (Å²) >= 11 is 0. The second kappa shape index (κ2) is 14.9. The normalized spacial score (nSPS) is 17.5. The number of para-hydroxylation sites is 1. The van der Waals surface area contributed by atoms with Gasteiger partial charge in [-0.25, -0.2) is 0 Å². The molecule has 1 heterocycles. The van der Waals surface area contributed by atoms with Gasteiger partial charge >= 0.3 is 0 Å². The second-order valence-electron chi connectivity index (χ2n) is 17.8. The zero-order valence-corrected chi connectivity index (χ0v) is 35.3. The van der Waals surface area contributed by atoms with E-state index in [0.29, 0.717) is 5.92 Å². The largest absolute Gasteiger partial charge is 0.456 e. The fraction of sp³-hybridized carbons (Fsp3) is 0.167. The van der Waals surface area contributed by atoms with E-state index in [1.54, 1.807) is 0 Å². The molecule has 2 nitrogen and oxygen atoms in total. The summed E-state index contributed by atoms with van der Waals surface area (Å²) in [6.07, 6.45) is 13.6. The molecule has 3 aliphatic carbocycles. The maximum Gasteiger partial charge on any atom is 0.136 e. The molecule has 300 valence electrons. The van der Waals surface area contributed by atoms with Gasteiger partial charge in [-0.2, -0.15) is 0 Å². The van der Waals surface area contributed by atoms with Crippen molar-refractivity contribution in [1.29, 1.82) is 0 Å². The molecule has 1 aromatic heterocycles. The zero-order chi connectivity index (χ0) is 41.2. The minimum Gasteiger partial charge on any atom is -0.456 e. The van der Waals surface area contributed by atoms with E-state index < -0.39 is 0 Å². The van der Waals surface area contributed by atoms with Gasteiger partial charge in [-0.05, 0) is 142 Å². The molecule has 2 heteroatoms. The van der Waals surface area contributed by atoms with Crippen LogP contribution >= 0.6 is 0 Å².